The summed E-state index contributed by atoms with van der Waals surface area (Å²) in [5.74, 6) is -3.23. The second-order valence-electron chi connectivity index (χ2n) is 5.30. The van der Waals surface area contributed by atoms with Gasteiger partial charge in [0.05, 0.1) is 6.10 Å². The molecule has 20 heavy (non-hydrogen) atoms. The smallest absolute Gasteiger partial charge is 0.248 e. The van der Waals surface area contributed by atoms with Crippen molar-refractivity contribution in [3.63, 3.8) is 0 Å². The zero-order valence-electron chi connectivity index (χ0n) is 11.2. The number of rotatable bonds is 4. The summed E-state index contributed by atoms with van der Waals surface area (Å²) >= 11 is 0. The van der Waals surface area contributed by atoms with Gasteiger partial charge in [0, 0.05) is 25.3 Å². The van der Waals surface area contributed by atoms with Gasteiger partial charge in [-0.2, -0.15) is 0 Å². The quantitative estimate of drug-likeness (QED) is 0.892. The fraction of sp³-hybridized carbons (Fsp3) is 0.533. The van der Waals surface area contributed by atoms with Gasteiger partial charge in [-0.05, 0) is 18.4 Å². The minimum Gasteiger partial charge on any atom is -0.387 e. The summed E-state index contributed by atoms with van der Waals surface area (Å²) in [5.41, 5.74) is 0.725. The molecule has 0 spiro atoms. The summed E-state index contributed by atoms with van der Waals surface area (Å²) in [4.78, 5) is 11.9. The third-order valence-corrected chi connectivity index (χ3v) is 3.74. The van der Waals surface area contributed by atoms with Crippen LogP contribution in [-0.4, -0.2) is 23.5 Å². The van der Waals surface area contributed by atoms with Crippen molar-refractivity contribution in [3.8, 4) is 0 Å². The van der Waals surface area contributed by atoms with E-state index in [1.165, 1.54) is 0 Å². The molecule has 110 valence electrons. The van der Waals surface area contributed by atoms with Crippen molar-refractivity contribution in [2.75, 3.05) is 6.54 Å². The zero-order chi connectivity index (χ0) is 14.6. The van der Waals surface area contributed by atoms with Crippen molar-refractivity contribution in [2.24, 2.45) is 5.92 Å². The number of alkyl halides is 2. The molecule has 0 saturated heterocycles. The molecule has 2 N–H and O–H groups in total. The number of aliphatic hydroxyl groups excluding tert-OH is 1. The van der Waals surface area contributed by atoms with E-state index in [2.05, 4.69) is 5.32 Å². The average Bonchev–Trinajstić information content (AvgIpc) is 2.45. The van der Waals surface area contributed by atoms with E-state index >= 15 is 0 Å². The normalized spacial score (nSPS) is 20.4. The Labute approximate surface area is 117 Å². The third kappa shape index (κ3) is 4.00. The van der Waals surface area contributed by atoms with Gasteiger partial charge in [-0.25, -0.2) is 8.78 Å². The molecule has 2 rings (SSSR count). The van der Waals surface area contributed by atoms with Crippen LogP contribution in [0.4, 0.5) is 8.78 Å². The van der Waals surface area contributed by atoms with Crippen LogP contribution in [0.3, 0.4) is 0 Å². The van der Waals surface area contributed by atoms with Crippen LogP contribution >= 0.6 is 0 Å². The monoisotopic (exact) mass is 283 g/mol. The van der Waals surface area contributed by atoms with Crippen molar-refractivity contribution in [1.82, 2.24) is 5.32 Å². The number of nitrogens with one attached hydrogen (secondary N) is 1. The van der Waals surface area contributed by atoms with Gasteiger partial charge in [-0.3, -0.25) is 4.79 Å². The summed E-state index contributed by atoms with van der Waals surface area (Å²) in [7, 11) is 0. The summed E-state index contributed by atoms with van der Waals surface area (Å²) in [6.07, 6.45) is -0.815. The van der Waals surface area contributed by atoms with Gasteiger partial charge < -0.3 is 10.4 Å². The highest BCUT2D eigenvalue weighted by atomic mass is 19.3. The van der Waals surface area contributed by atoms with Crippen LogP contribution in [0.2, 0.25) is 0 Å². The molecule has 5 heteroatoms. The van der Waals surface area contributed by atoms with Crippen LogP contribution < -0.4 is 5.32 Å². The van der Waals surface area contributed by atoms with Crippen LogP contribution in [0, 0.1) is 5.92 Å². The van der Waals surface area contributed by atoms with E-state index < -0.39 is 12.0 Å². The SMILES string of the molecule is O=C(NCC(O)c1ccccc1)C1CCC(F)(F)CC1. The Morgan fingerprint density at radius 3 is 2.50 bits per heavy atom. The molecule has 1 aromatic carbocycles. The van der Waals surface area contributed by atoms with Crippen molar-refractivity contribution in [2.45, 2.75) is 37.7 Å². The summed E-state index contributed by atoms with van der Waals surface area (Å²) < 4.78 is 26.0. The highest BCUT2D eigenvalue weighted by Crippen LogP contribution is 2.36. The highest BCUT2D eigenvalue weighted by Gasteiger charge is 2.37. The van der Waals surface area contributed by atoms with Gasteiger partial charge >= 0.3 is 0 Å². The second-order valence-corrected chi connectivity index (χ2v) is 5.30. The van der Waals surface area contributed by atoms with Gasteiger partial charge in [0.25, 0.3) is 0 Å². The number of carbonyl (C=O) groups excluding carboxylic acids is 1. The number of aliphatic hydroxyl groups is 1. The maximum atomic E-state index is 13.0. The fourth-order valence-corrected chi connectivity index (χ4v) is 2.44. The Morgan fingerprint density at radius 2 is 1.90 bits per heavy atom. The number of benzene rings is 1. The number of amides is 1. The standard InChI is InChI=1S/C15H19F2NO2/c16-15(17)8-6-12(7-9-15)14(20)18-10-13(19)11-4-2-1-3-5-11/h1-5,12-13,19H,6-10H2,(H,18,20). The van der Waals surface area contributed by atoms with E-state index in [-0.39, 0.29) is 44.1 Å². The van der Waals surface area contributed by atoms with Crippen LogP contribution in [0.5, 0.6) is 0 Å². The van der Waals surface area contributed by atoms with Crippen molar-refractivity contribution in [1.29, 1.82) is 0 Å². The Kier molecular flexibility index (Phi) is 4.70. The van der Waals surface area contributed by atoms with Crippen LogP contribution in [0.15, 0.2) is 30.3 Å². The molecule has 1 amide bonds. The van der Waals surface area contributed by atoms with Gasteiger partial charge in [-0.15, -0.1) is 0 Å². The Morgan fingerprint density at radius 1 is 1.30 bits per heavy atom. The fourth-order valence-electron chi connectivity index (χ4n) is 2.44. The molecular weight excluding hydrogens is 264 g/mol. The van der Waals surface area contributed by atoms with Gasteiger partial charge in [0.2, 0.25) is 11.8 Å². The predicted octanol–water partition coefficient (Wildman–Crippen LogP) is 2.66. The minimum absolute atomic E-state index is 0.107. The van der Waals surface area contributed by atoms with Crippen molar-refractivity contribution >= 4 is 5.91 Å². The van der Waals surface area contributed by atoms with E-state index in [1.807, 2.05) is 18.2 Å². The van der Waals surface area contributed by atoms with Crippen LogP contribution in [0.25, 0.3) is 0 Å². The number of halogens is 2. The van der Waals surface area contributed by atoms with Crippen molar-refractivity contribution in [3.05, 3.63) is 35.9 Å². The number of carbonyl (C=O) groups is 1. The summed E-state index contributed by atoms with van der Waals surface area (Å²) in [5, 5.41) is 12.6. The lowest BCUT2D eigenvalue weighted by Gasteiger charge is -2.27. The molecule has 3 nitrogen and oxygen atoms in total. The predicted molar refractivity (Wildman–Crippen MR) is 71.3 cm³/mol. The first-order chi connectivity index (χ1) is 9.48. The maximum absolute atomic E-state index is 13.0. The first kappa shape index (κ1) is 14.9. The molecule has 0 radical (unpaired) electrons. The Bertz CT molecular complexity index is 440. The first-order valence-corrected chi connectivity index (χ1v) is 6.86. The van der Waals surface area contributed by atoms with Gasteiger partial charge in [0.1, 0.15) is 0 Å². The Balaban J connectivity index is 1.78. The minimum atomic E-state index is -2.62. The molecule has 1 aromatic rings. The number of hydrogen-bond donors (Lipinski definition) is 2. The average molecular weight is 283 g/mol. The lowest BCUT2D eigenvalue weighted by molar-refractivity contribution is -0.129. The second kappa shape index (κ2) is 6.31. The van der Waals surface area contributed by atoms with Gasteiger partial charge in [-0.1, -0.05) is 30.3 Å². The van der Waals surface area contributed by atoms with E-state index in [9.17, 15) is 18.7 Å². The third-order valence-electron chi connectivity index (χ3n) is 3.74. The van der Waals surface area contributed by atoms with Crippen LogP contribution in [-0.2, 0) is 4.79 Å². The molecule has 1 aliphatic carbocycles. The molecule has 0 aliphatic heterocycles. The van der Waals surface area contributed by atoms with Crippen molar-refractivity contribution < 1.29 is 18.7 Å². The molecular formula is C15H19F2NO2. The molecule has 1 saturated carbocycles. The Hall–Kier alpha value is -1.49. The topological polar surface area (TPSA) is 49.3 Å². The molecule has 1 unspecified atom stereocenters. The van der Waals surface area contributed by atoms with Gasteiger partial charge in [0.15, 0.2) is 0 Å². The largest absolute Gasteiger partial charge is 0.387 e. The van der Waals surface area contributed by atoms with E-state index in [1.54, 1.807) is 12.1 Å². The molecule has 1 aliphatic rings. The summed E-state index contributed by atoms with van der Waals surface area (Å²) in [6.45, 7) is 0.107. The molecule has 1 fully saturated rings. The highest BCUT2D eigenvalue weighted by molar-refractivity contribution is 5.78. The lowest BCUT2D eigenvalue weighted by atomic mass is 9.86. The van der Waals surface area contributed by atoms with Crippen LogP contribution in [0.1, 0.15) is 37.4 Å². The molecule has 0 heterocycles. The van der Waals surface area contributed by atoms with E-state index in [0.29, 0.717) is 0 Å². The molecule has 0 aromatic heterocycles. The molecule has 1 atom stereocenters. The first-order valence-electron chi connectivity index (χ1n) is 6.86. The lowest BCUT2D eigenvalue weighted by Crippen LogP contribution is -2.37. The number of hydrogen-bond acceptors (Lipinski definition) is 2. The zero-order valence-corrected chi connectivity index (χ0v) is 11.2. The van der Waals surface area contributed by atoms with E-state index in [0.717, 1.165) is 5.56 Å². The van der Waals surface area contributed by atoms with E-state index in [4.69, 9.17) is 0 Å². The molecule has 0 bridgehead atoms. The summed E-state index contributed by atoms with van der Waals surface area (Å²) in [6, 6.07) is 9.01. The maximum Gasteiger partial charge on any atom is 0.248 e.